The zero-order valence-electron chi connectivity index (χ0n) is 18.9. The molecule has 1 aromatic rings. The number of unbranched alkanes of at least 4 members (excludes halogenated alkanes) is 1. The molecule has 29 heavy (non-hydrogen) atoms. The Labute approximate surface area is 194 Å². The number of benzene rings is 1. The van der Waals surface area contributed by atoms with Gasteiger partial charge >= 0.3 is 0 Å². The highest BCUT2D eigenvalue weighted by Crippen LogP contribution is 2.12. The van der Waals surface area contributed by atoms with E-state index in [9.17, 15) is 0 Å². The molecule has 0 aliphatic carbocycles. The van der Waals surface area contributed by atoms with E-state index in [2.05, 4.69) is 72.6 Å². The van der Waals surface area contributed by atoms with E-state index in [1.807, 2.05) is 0 Å². The maximum absolute atomic E-state index is 5.58. The van der Waals surface area contributed by atoms with E-state index < -0.39 is 0 Å². The molecule has 0 aliphatic rings. The van der Waals surface area contributed by atoms with Crippen molar-refractivity contribution in [3.05, 3.63) is 35.4 Å². The van der Waals surface area contributed by atoms with Crippen molar-refractivity contribution < 1.29 is 9.47 Å². The molecule has 7 heteroatoms. The predicted molar refractivity (Wildman–Crippen MR) is 133 cm³/mol. The SMILES string of the molecule is CCCCOCCOCCNC(=NC)NCc1ccccc1CN(C)C(C)C.I. The largest absolute Gasteiger partial charge is 0.379 e. The molecule has 0 spiro atoms. The number of aliphatic imine (C=N–C) groups is 1. The normalized spacial score (nSPS) is 11.6. The van der Waals surface area contributed by atoms with Crippen LogP contribution >= 0.6 is 24.0 Å². The lowest BCUT2D eigenvalue weighted by Gasteiger charge is -2.23. The van der Waals surface area contributed by atoms with E-state index >= 15 is 0 Å². The van der Waals surface area contributed by atoms with Crippen LogP contribution in [0.25, 0.3) is 0 Å². The van der Waals surface area contributed by atoms with Crippen molar-refractivity contribution in [3.63, 3.8) is 0 Å². The second-order valence-electron chi connectivity index (χ2n) is 7.21. The van der Waals surface area contributed by atoms with E-state index in [-0.39, 0.29) is 24.0 Å². The summed E-state index contributed by atoms with van der Waals surface area (Å²) in [5, 5.41) is 6.69. The fraction of sp³-hybridized carbons (Fsp3) is 0.682. The molecule has 0 aliphatic heterocycles. The monoisotopic (exact) mass is 520 g/mol. The summed E-state index contributed by atoms with van der Waals surface area (Å²) >= 11 is 0. The minimum Gasteiger partial charge on any atom is -0.379 e. The van der Waals surface area contributed by atoms with Crippen molar-refractivity contribution in [1.29, 1.82) is 0 Å². The van der Waals surface area contributed by atoms with Crippen molar-refractivity contribution in [2.24, 2.45) is 4.99 Å². The Morgan fingerprint density at radius 1 is 1.03 bits per heavy atom. The third-order valence-corrected chi connectivity index (χ3v) is 4.64. The standard InChI is InChI=1S/C22H40N4O2.HI/c1-6-7-13-27-15-16-28-14-12-24-22(23-4)25-17-20-10-8-9-11-21(20)18-26(5)19(2)3;/h8-11,19H,6-7,12-18H2,1-5H3,(H2,23,24,25);1H. The van der Waals surface area contributed by atoms with Gasteiger partial charge in [0.1, 0.15) is 0 Å². The van der Waals surface area contributed by atoms with E-state index in [4.69, 9.17) is 9.47 Å². The highest BCUT2D eigenvalue weighted by molar-refractivity contribution is 14.0. The van der Waals surface area contributed by atoms with Crippen molar-refractivity contribution in [1.82, 2.24) is 15.5 Å². The summed E-state index contributed by atoms with van der Waals surface area (Å²) in [7, 11) is 3.94. The minimum atomic E-state index is 0. The van der Waals surface area contributed by atoms with Gasteiger partial charge in [0.2, 0.25) is 0 Å². The van der Waals surface area contributed by atoms with Gasteiger partial charge in [-0.3, -0.25) is 9.89 Å². The third-order valence-electron chi connectivity index (χ3n) is 4.64. The molecule has 0 bridgehead atoms. The van der Waals surface area contributed by atoms with Crippen molar-refractivity contribution >= 4 is 29.9 Å². The quantitative estimate of drug-likeness (QED) is 0.170. The summed E-state index contributed by atoms with van der Waals surface area (Å²) in [4.78, 5) is 6.64. The molecule has 0 aromatic heterocycles. The molecule has 0 saturated heterocycles. The molecule has 0 atom stereocenters. The minimum absolute atomic E-state index is 0. The van der Waals surface area contributed by atoms with Gasteiger partial charge in [-0.2, -0.15) is 0 Å². The summed E-state index contributed by atoms with van der Waals surface area (Å²) in [6.07, 6.45) is 2.27. The van der Waals surface area contributed by atoms with Crippen LogP contribution in [-0.2, 0) is 22.6 Å². The van der Waals surface area contributed by atoms with E-state index in [0.29, 0.717) is 32.4 Å². The van der Waals surface area contributed by atoms with E-state index in [1.165, 1.54) is 11.1 Å². The number of guanidine groups is 1. The van der Waals surface area contributed by atoms with Gasteiger partial charge in [-0.25, -0.2) is 0 Å². The molecule has 0 heterocycles. The van der Waals surface area contributed by atoms with Crippen LogP contribution in [-0.4, -0.2) is 64.0 Å². The molecule has 2 N–H and O–H groups in total. The highest BCUT2D eigenvalue weighted by atomic mass is 127. The Kier molecular flexibility index (Phi) is 17.4. The third kappa shape index (κ3) is 13.1. The Balaban J connectivity index is 0.00000784. The van der Waals surface area contributed by atoms with Gasteiger partial charge in [0, 0.05) is 39.3 Å². The average Bonchev–Trinajstić information content (AvgIpc) is 2.69. The van der Waals surface area contributed by atoms with E-state index in [1.54, 1.807) is 7.05 Å². The zero-order chi connectivity index (χ0) is 20.6. The summed E-state index contributed by atoms with van der Waals surface area (Å²) in [5.41, 5.74) is 2.63. The van der Waals surface area contributed by atoms with Crippen LogP contribution in [0.1, 0.15) is 44.7 Å². The Bertz CT molecular complexity index is 555. The van der Waals surface area contributed by atoms with Crippen molar-refractivity contribution in [2.75, 3.05) is 47.1 Å². The average molecular weight is 521 g/mol. The molecule has 6 nitrogen and oxygen atoms in total. The highest BCUT2D eigenvalue weighted by Gasteiger charge is 2.08. The fourth-order valence-corrected chi connectivity index (χ4v) is 2.55. The number of rotatable bonds is 14. The molecule has 0 amide bonds. The van der Waals surface area contributed by atoms with Crippen molar-refractivity contribution in [3.8, 4) is 0 Å². The second kappa shape index (κ2) is 17.9. The predicted octanol–water partition coefficient (Wildman–Crippen LogP) is 3.64. The van der Waals surface area contributed by atoms with Crippen LogP contribution in [0, 0.1) is 0 Å². The summed E-state index contributed by atoms with van der Waals surface area (Å²) in [6.45, 7) is 11.7. The molecule has 0 unspecified atom stereocenters. The molecule has 0 fully saturated rings. The fourth-order valence-electron chi connectivity index (χ4n) is 2.55. The Morgan fingerprint density at radius 2 is 1.69 bits per heavy atom. The topological polar surface area (TPSA) is 58.1 Å². The van der Waals surface area contributed by atoms with Crippen LogP contribution in [0.15, 0.2) is 29.3 Å². The van der Waals surface area contributed by atoms with Gasteiger partial charge in [0.25, 0.3) is 0 Å². The van der Waals surface area contributed by atoms with Crippen LogP contribution in [0.2, 0.25) is 0 Å². The van der Waals surface area contributed by atoms with Crippen molar-refractivity contribution in [2.45, 2.75) is 52.7 Å². The smallest absolute Gasteiger partial charge is 0.191 e. The molecule has 1 rings (SSSR count). The van der Waals surface area contributed by atoms with E-state index in [0.717, 1.165) is 38.5 Å². The van der Waals surface area contributed by atoms with Crippen LogP contribution < -0.4 is 10.6 Å². The summed E-state index contributed by atoms with van der Waals surface area (Å²) in [6, 6.07) is 9.08. The molecule has 0 radical (unpaired) electrons. The van der Waals surface area contributed by atoms with Gasteiger partial charge in [-0.05, 0) is 38.4 Å². The zero-order valence-corrected chi connectivity index (χ0v) is 21.2. The van der Waals surface area contributed by atoms with Crippen LogP contribution in [0.3, 0.4) is 0 Å². The van der Waals surface area contributed by atoms with Gasteiger partial charge in [0.05, 0.1) is 19.8 Å². The first-order chi connectivity index (χ1) is 13.6. The lowest BCUT2D eigenvalue weighted by atomic mass is 10.1. The molecular weight excluding hydrogens is 479 g/mol. The van der Waals surface area contributed by atoms with Gasteiger partial charge < -0.3 is 20.1 Å². The number of hydrogen-bond acceptors (Lipinski definition) is 4. The number of hydrogen-bond donors (Lipinski definition) is 2. The first-order valence-electron chi connectivity index (χ1n) is 10.5. The second-order valence-corrected chi connectivity index (χ2v) is 7.21. The number of nitrogens with zero attached hydrogens (tertiary/aromatic N) is 2. The Morgan fingerprint density at radius 3 is 2.31 bits per heavy atom. The maximum Gasteiger partial charge on any atom is 0.191 e. The first kappa shape index (κ1) is 28.1. The number of ether oxygens (including phenoxy) is 2. The molecule has 0 saturated carbocycles. The number of halogens is 1. The summed E-state index contributed by atoms with van der Waals surface area (Å²) in [5.74, 6) is 0.787. The van der Waals surface area contributed by atoms with Gasteiger partial charge in [-0.15, -0.1) is 24.0 Å². The van der Waals surface area contributed by atoms with Gasteiger partial charge in [-0.1, -0.05) is 37.6 Å². The lowest BCUT2D eigenvalue weighted by Crippen LogP contribution is -2.39. The number of nitrogens with one attached hydrogen (secondary N) is 2. The molecule has 1 aromatic carbocycles. The first-order valence-corrected chi connectivity index (χ1v) is 10.5. The molecular formula is C22H41IN4O2. The van der Waals surface area contributed by atoms with Gasteiger partial charge in [0.15, 0.2) is 5.96 Å². The van der Waals surface area contributed by atoms with Crippen LogP contribution in [0.5, 0.6) is 0 Å². The molecule has 168 valence electrons. The maximum atomic E-state index is 5.58. The van der Waals surface area contributed by atoms with Crippen LogP contribution in [0.4, 0.5) is 0 Å². The lowest BCUT2D eigenvalue weighted by molar-refractivity contribution is 0.0487. The summed E-state index contributed by atoms with van der Waals surface area (Å²) < 4.78 is 11.1. The Hall–Kier alpha value is -0.900.